The zero-order chi connectivity index (χ0) is 13.4. The largest absolute Gasteiger partial charge is 0.353 e. The Morgan fingerprint density at radius 3 is 2.00 bits per heavy atom. The van der Waals surface area contributed by atoms with Gasteiger partial charge in [-0.15, -0.1) is 11.6 Å². The normalized spacial score (nSPS) is 23.5. The number of amides is 1. The van der Waals surface area contributed by atoms with E-state index >= 15 is 0 Å². The number of halogens is 1. The van der Waals surface area contributed by atoms with Crippen LogP contribution < -0.4 is 5.32 Å². The molecule has 1 amide bonds. The van der Waals surface area contributed by atoms with Crippen molar-refractivity contribution in [2.45, 2.75) is 54.0 Å². The van der Waals surface area contributed by atoms with Crippen molar-refractivity contribution < 1.29 is 4.79 Å². The second-order valence-electron chi connectivity index (χ2n) is 6.71. The van der Waals surface area contributed by atoms with E-state index in [2.05, 4.69) is 46.9 Å². The summed E-state index contributed by atoms with van der Waals surface area (Å²) in [6.45, 7) is 12.9. The lowest BCUT2D eigenvalue weighted by molar-refractivity contribution is -0.124. The van der Waals surface area contributed by atoms with Crippen LogP contribution in [0.25, 0.3) is 0 Å². The lowest BCUT2D eigenvalue weighted by Gasteiger charge is -2.22. The smallest absolute Gasteiger partial charge is 0.224 e. The lowest BCUT2D eigenvalue weighted by atomic mass is 10.0. The molecule has 0 aromatic rings. The van der Waals surface area contributed by atoms with Gasteiger partial charge in [0.1, 0.15) is 0 Å². The van der Waals surface area contributed by atoms with Gasteiger partial charge in [-0.25, -0.2) is 0 Å². The van der Waals surface area contributed by atoms with E-state index in [4.69, 9.17) is 11.6 Å². The molecule has 1 aliphatic carbocycles. The van der Waals surface area contributed by atoms with Gasteiger partial charge in [0.15, 0.2) is 0 Å². The fourth-order valence-corrected chi connectivity index (χ4v) is 3.04. The second kappa shape index (κ2) is 4.79. The van der Waals surface area contributed by atoms with Crippen molar-refractivity contribution in [1.29, 1.82) is 0 Å². The molecule has 1 unspecified atom stereocenters. The molecule has 0 bridgehead atoms. The van der Waals surface area contributed by atoms with Crippen LogP contribution in [0.2, 0.25) is 0 Å². The predicted molar refractivity (Wildman–Crippen MR) is 73.2 cm³/mol. The van der Waals surface area contributed by atoms with E-state index in [1.54, 1.807) is 0 Å². The number of alkyl halides is 1. The van der Waals surface area contributed by atoms with Crippen LogP contribution in [0, 0.1) is 22.7 Å². The summed E-state index contributed by atoms with van der Waals surface area (Å²) in [7, 11) is 0. The molecule has 1 saturated carbocycles. The summed E-state index contributed by atoms with van der Waals surface area (Å²) >= 11 is 5.78. The third kappa shape index (κ3) is 2.62. The van der Waals surface area contributed by atoms with Gasteiger partial charge in [-0.1, -0.05) is 41.5 Å². The molecular formula is C14H26ClNO. The maximum Gasteiger partial charge on any atom is 0.224 e. The number of carbonyl (C=O) groups is 1. The Bertz CT molecular complexity index is 283. The van der Waals surface area contributed by atoms with Gasteiger partial charge < -0.3 is 5.32 Å². The molecule has 2 nitrogen and oxygen atoms in total. The minimum atomic E-state index is 0.111. The number of nitrogens with one attached hydrogen (secondary N) is 1. The number of carbonyl (C=O) groups excluding carboxylic acids is 1. The molecule has 0 heterocycles. The van der Waals surface area contributed by atoms with Gasteiger partial charge in [0, 0.05) is 17.8 Å². The average molecular weight is 260 g/mol. The van der Waals surface area contributed by atoms with Gasteiger partial charge in [-0.2, -0.15) is 0 Å². The average Bonchev–Trinajstić information content (AvgIpc) is 2.56. The molecule has 1 N–H and O–H groups in total. The summed E-state index contributed by atoms with van der Waals surface area (Å²) in [4.78, 5) is 12.3. The first kappa shape index (κ1) is 14.8. The van der Waals surface area contributed by atoms with Crippen LogP contribution in [-0.2, 0) is 4.79 Å². The summed E-state index contributed by atoms with van der Waals surface area (Å²) in [5.41, 5.74) is 0.221. The van der Waals surface area contributed by atoms with E-state index in [0.717, 1.165) is 6.42 Å². The SMILES string of the molecule is CC(C)C(CCCl)NC(=O)C1C(C)(C)C1(C)C. The van der Waals surface area contributed by atoms with E-state index in [1.165, 1.54) is 0 Å². The van der Waals surface area contributed by atoms with Crippen LogP contribution in [0.4, 0.5) is 0 Å². The Balaban J connectivity index is 2.61. The first-order chi connectivity index (χ1) is 7.66. The molecule has 0 spiro atoms. The number of hydrogen-bond donors (Lipinski definition) is 1. The van der Waals surface area contributed by atoms with Crippen molar-refractivity contribution in [1.82, 2.24) is 5.32 Å². The van der Waals surface area contributed by atoms with Crippen LogP contribution in [0.5, 0.6) is 0 Å². The Kier molecular flexibility index (Phi) is 4.18. The monoisotopic (exact) mass is 259 g/mol. The standard InChI is InChI=1S/C14H26ClNO/c1-9(2)10(7-8-15)16-12(17)11-13(3,4)14(11,5)6/h9-11H,7-8H2,1-6H3,(H,16,17). The van der Waals surface area contributed by atoms with Crippen LogP contribution in [0.15, 0.2) is 0 Å². The predicted octanol–water partition coefficient (Wildman–Crippen LogP) is 3.44. The van der Waals surface area contributed by atoms with Gasteiger partial charge in [-0.05, 0) is 23.2 Å². The van der Waals surface area contributed by atoms with E-state index in [9.17, 15) is 4.79 Å². The van der Waals surface area contributed by atoms with E-state index in [-0.39, 0.29) is 28.7 Å². The van der Waals surface area contributed by atoms with Crippen molar-refractivity contribution in [3.8, 4) is 0 Å². The number of hydrogen-bond acceptors (Lipinski definition) is 1. The van der Waals surface area contributed by atoms with Crippen molar-refractivity contribution in [2.24, 2.45) is 22.7 Å². The van der Waals surface area contributed by atoms with Crippen molar-refractivity contribution >= 4 is 17.5 Å². The lowest BCUT2D eigenvalue weighted by Crippen LogP contribution is -2.40. The molecule has 0 aromatic heterocycles. The molecule has 0 aliphatic heterocycles. The summed E-state index contributed by atoms with van der Waals surface area (Å²) in [6, 6.07) is 0.201. The Hall–Kier alpha value is -0.240. The Morgan fingerprint density at radius 1 is 1.24 bits per heavy atom. The summed E-state index contributed by atoms with van der Waals surface area (Å²) in [5.74, 6) is 1.36. The molecule has 1 atom stereocenters. The van der Waals surface area contributed by atoms with Gasteiger partial charge in [-0.3, -0.25) is 4.79 Å². The van der Waals surface area contributed by atoms with Gasteiger partial charge in [0.2, 0.25) is 5.91 Å². The quantitative estimate of drug-likeness (QED) is 0.753. The highest BCUT2D eigenvalue weighted by molar-refractivity contribution is 6.17. The molecule has 0 aromatic carbocycles. The topological polar surface area (TPSA) is 29.1 Å². The molecule has 17 heavy (non-hydrogen) atoms. The molecule has 100 valence electrons. The highest BCUT2D eigenvalue weighted by Gasteiger charge is 2.68. The first-order valence-electron chi connectivity index (χ1n) is 6.52. The highest BCUT2D eigenvalue weighted by atomic mass is 35.5. The maximum atomic E-state index is 12.3. The molecule has 3 heteroatoms. The third-order valence-corrected chi connectivity index (χ3v) is 5.05. The van der Waals surface area contributed by atoms with E-state index in [1.807, 2.05) is 0 Å². The Morgan fingerprint density at radius 2 is 1.71 bits per heavy atom. The van der Waals surface area contributed by atoms with Crippen molar-refractivity contribution in [2.75, 3.05) is 5.88 Å². The van der Waals surface area contributed by atoms with Gasteiger partial charge in [0.25, 0.3) is 0 Å². The molecule has 0 saturated heterocycles. The zero-order valence-electron chi connectivity index (χ0n) is 11.9. The second-order valence-corrected chi connectivity index (χ2v) is 7.09. The maximum absolute atomic E-state index is 12.3. The highest BCUT2D eigenvalue weighted by Crippen LogP contribution is 2.68. The summed E-state index contributed by atoms with van der Waals surface area (Å²) < 4.78 is 0. The molecule has 1 rings (SSSR count). The first-order valence-corrected chi connectivity index (χ1v) is 7.06. The fourth-order valence-electron chi connectivity index (χ4n) is 2.81. The molecule has 1 fully saturated rings. The number of rotatable bonds is 5. The van der Waals surface area contributed by atoms with Crippen LogP contribution in [-0.4, -0.2) is 17.8 Å². The van der Waals surface area contributed by atoms with Gasteiger partial charge in [0.05, 0.1) is 0 Å². The van der Waals surface area contributed by atoms with Crippen LogP contribution in [0.1, 0.15) is 48.0 Å². The minimum Gasteiger partial charge on any atom is -0.353 e. The molecular weight excluding hydrogens is 234 g/mol. The van der Waals surface area contributed by atoms with Crippen molar-refractivity contribution in [3.05, 3.63) is 0 Å². The van der Waals surface area contributed by atoms with Crippen LogP contribution in [0.3, 0.4) is 0 Å². The van der Waals surface area contributed by atoms with Gasteiger partial charge >= 0.3 is 0 Å². The molecule has 1 aliphatic rings. The third-order valence-electron chi connectivity index (χ3n) is 4.84. The van der Waals surface area contributed by atoms with Crippen LogP contribution >= 0.6 is 11.6 Å². The fraction of sp³-hybridized carbons (Fsp3) is 0.929. The Labute approximate surface area is 110 Å². The summed E-state index contributed by atoms with van der Waals surface area (Å²) in [6.07, 6.45) is 0.846. The minimum absolute atomic E-state index is 0.111. The van der Waals surface area contributed by atoms with E-state index in [0.29, 0.717) is 11.8 Å². The molecule has 0 radical (unpaired) electrons. The van der Waals surface area contributed by atoms with Crippen molar-refractivity contribution in [3.63, 3.8) is 0 Å². The summed E-state index contributed by atoms with van der Waals surface area (Å²) in [5, 5.41) is 3.17. The zero-order valence-corrected chi connectivity index (χ0v) is 12.7. The van der Waals surface area contributed by atoms with E-state index < -0.39 is 0 Å².